The monoisotopic (exact) mass is 506 g/mol. The van der Waals surface area contributed by atoms with Crippen LogP contribution in [0.5, 0.6) is 11.5 Å². The number of ether oxygens (including phenoxy) is 6. The molecule has 4 rings (SSSR count). The fourth-order valence-electron chi connectivity index (χ4n) is 3.88. The van der Waals surface area contributed by atoms with Crippen molar-refractivity contribution in [2.45, 2.75) is 63.9 Å². The van der Waals surface area contributed by atoms with E-state index < -0.39 is 42.2 Å². The summed E-state index contributed by atoms with van der Waals surface area (Å²) in [5, 5.41) is 2.59. The molecule has 0 unspecified atom stereocenters. The van der Waals surface area contributed by atoms with Crippen molar-refractivity contribution in [3.63, 3.8) is 0 Å². The summed E-state index contributed by atoms with van der Waals surface area (Å²) in [7, 11) is 1.37. The van der Waals surface area contributed by atoms with E-state index >= 15 is 0 Å². The standard InChI is InChI=1S/C25H34N2O9/c1-14-22(34-11-17-6-7-17)20(33-10-16-4-5-16)13-32-12-18(25(30)35-14)27-24(29)21-23(36-15(2)28)19(31-3)8-9-26-21/h8-9,14,16-18,20,22H,4-7,10-13H2,1-3H3,(H,27,29)/t14-,18-,20-,22-/m0/s1. The number of carbonyl (C=O) groups is 3. The van der Waals surface area contributed by atoms with Gasteiger partial charge in [0, 0.05) is 19.2 Å². The Balaban J connectivity index is 1.46. The predicted octanol–water partition coefficient (Wildman–Crippen LogP) is 1.67. The highest BCUT2D eigenvalue weighted by molar-refractivity contribution is 5.98. The zero-order valence-electron chi connectivity index (χ0n) is 20.9. The van der Waals surface area contributed by atoms with Crippen molar-refractivity contribution in [3.05, 3.63) is 18.0 Å². The topological polar surface area (TPSA) is 132 Å². The zero-order valence-corrected chi connectivity index (χ0v) is 20.9. The largest absolute Gasteiger partial charge is 0.493 e. The van der Waals surface area contributed by atoms with Gasteiger partial charge in [-0.1, -0.05) is 0 Å². The number of aromatic nitrogens is 1. The lowest BCUT2D eigenvalue weighted by molar-refractivity contribution is -0.168. The van der Waals surface area contributed by atoms with E-state index in [0.29, 0.717) is 25.0 Å². The fourth-order valence-corrected chi connectivity index (χ4v) is 3.88. The fraction of sp³-hybridized carbons (Fsp3) is 0.680. The number of esters is 2. The summed E-state index contributed by atoms with van der Waals surface area (Å²) >= 11 is 0. The van der Waals surface area contributed by atoms with Crippen molar-refractivity contribution < 1.29 is 42.8 Å². The lowest BCUT2D eigenvalue weighted by Gasteiger charge is -2.30. The highest BCUT2D eigenvalue weighted by Gasteiger charge is 2.38. The van der Waals surface area contributed by atoms with Gasteiger partial charge in [-0.2, -0.15) is 0 Å². The maximum absolute atomic E-state index is 13.1. The van der Waals surface area contributed by atoms with Crippen LogP contribution in [-0.4, -0.2) is 80.7 Å². The highest BCUT2D eigenvalue weighted by atomic mass is 16.6. The van der Waals surface area contributed by atoms with Crippen LogP contribution in [0.2, 0.25) is 0 Å². The van der Waals surface area contributed by atoms with Crippen LogP contribution in [0.3, 0.4) is 0 Å². The molecule has 1 N–H and O–H groups in total. The molecule has 11 heteroatoms. The molecule has 11 nitrogen and oxygen atoms in total. The maximum atomic E-state index is 13.1. The average Bonchev–Trinajstić information content (AvgIpc) is 3.76. The summed E-state index contributed by atoms with van der Waals surface area (Å²) in [5.74, 6) is -0.978. The number of rotatable bonds is 10. The molecule has 2 aliphatic carbocycles. The van der Waals surface area contributed by atoms with E-state index in [0.717, 1.165) is 25.7 Å². The lowest BCUT2D eigenvalue weighted by atomic mass is 10.1. The molecule has 2 heterocycles. The van der Waals surface area contributed by atoms with Gasteiger partial charge in [0.05, 0.1) is 33.5 Å². The highest BCUT2D eigenvalue weighted by Crippen LogP contribution is 2.32. The van der Waals surface area contributed by atoms with E-state index in [9.17, 15) is 14.4 Å². The molecule has 2 saturated carbocycles. The first-order valence-electron chi connectivity index (χ1n) is 12.4. The minimum Gasteiger partial charge on any atom is -0.493 e. The molecule has 1 aliphatic heterocycles. The van der Waals surface area contributed by atoms with Crippen LogP contribution in [0.4, 0.5) is 0 Å². The summed E-state index contributed by atoms with van der Waals surface area (Å²) in [6, 6.07) is 0.335. The molecule has 1 amide bonds. The first-order valence-corrected chi connectivity index (χ1v) is 12.4. The van der Waals surface area contributed by atoms with E-state index in [1.54, 1.807) is 6.92 Å². The second-order valence-electron chi connectivity index (χ2n) is 9.55. The van der Waals surface area contributed by atoms with Gasteiger partial charge in [0.15, 0.2) is 17.5 Å². The van der Waals surface area contributed by atoms with Gasteiger partial charge in [0.1, 0.15) is 18.3 Å². The van der Waals surface area contributed by atoms with Gasteiger partial charge in [-0.3, -0.25) is 9.59 Å². The summed E-state index contributed by atoms with van der Waals surface area (Å²) < 4.78 is 34.2. The van der Waals surface area contributed by atoms with Gasteiger partial charge in [0.25, 0.3) is 5.91 Å². The summed E-state index contributed by atoms with van der Waals surface area (Å²) in [4.78, 5) is 41.7. The summed E-state index contributed by atoms with van der Waals surface area (Å²) in [6.45, 7) is 4.20. The van der Waals surface area contributed by atoms with Crippen molar-refractivity contribution in [2.24, 2.45) is 11.8 Å². The number of methoxy groups -OCH3 is 1. The smallest absolute Gasteiger partial charge is 0.331 e. The first kappa shape index (κ1) is 26.3. The van der Waals surface area contributed by atoms with Crippen LogP contribution in [0.25, 0.3) is 0 Å². The summed E-state index contributed by atoms with van der Waals surface area (Å²) in [5.41, 5.74) is -0.207. The van der Waals surface area contributed by atoms with Crippen LogP contribution < -0.4 is 14.8 Å². The Labute approximate surface area is 210 Å². The summed E-state index contributed by atoms with van der Waals surface area (Å²) in [6.07, 6.45) is 4.38. The van der Waals surface area contributed by atoms with Crippen molar-refractivity contribution in [1.29, 1.82) is 0 Å². The number of cyclic esters (lactones) is 1. The number of nitrogens with zero attached hydrogens (tertiary/aromatic N) is 1. The second-order valence-corrected chi connectivity index (χ2v) is 9.55. The zero-order chi connectivity index (χ0) is 25.7. The molecule has 1 aromatic rings. The van der Waals surface area contributed by atoms with Gasteiger partial charge < -0.3 is 33.7 Å². The van der Waals surface area contributed by atoms with Gasteiger partial charge in [0.2, 0.25) is 5.75 Å². The van der Waals surface area contributed by atoms with Crippen LogP contribution in [-0.2, 0) is 28.5 Å². The third kappa shape index (κ3) is 7.14. The van der Waals surface area contributed by atoms with Gasteiger partial charge >= 0.3 is 11.9 Å². The van der Waals surface area contributed by atoms with E-state index in [-0.39, 0.29) is 30.4 Å². The molecular formula is C25H34N2O9. The van der Waals surface area contributed by atoms with Crippen molar-refractivity contribution >= 4 is 17.8 Å². The SMILES string of the molecule is COc1ccnc(C(=O)N[C@H]2COC[C@H](OCC3CC3)[C@@H](OCC3CC3)[C@H](C)OC2=O)c1OC(C)=O. The third-order valence-corrected chi connectivity index (χ3v) is 6.30. The Hall–Kier alpha value is -2.76. The Morgan fingerprint density at radius 3 is 2.44 bits per heavy atom. The molecule has 1 saturated heterocycles. The second kappa shape index (κ2) is 12.0. The van der Waals surface area contributed by atoms with E-state index in [4.69, 9.17) is 28.4 Å². The average molecular weight is 507 g/mol. The van der Waals surface area contributed by atoms with Gasteiger partial charge in [-0.05, 0) is 44.4 Å². The minimum atomic E-state index is -1.12. The number of amides is 1. The van der Waals surface area contributed by atoms with Crippen molar-refractivity contribution in [2.75, 3.05) is 33.5 Å². The number of hydrogen-bond donors (Lipinski definition) is 1. The van der Waals surface area contributed by atoms with E-state index in [1.807, 2.05) is 0 Å². The molecule has 1 aromatic heterocycles. The molecule has 198 valence electrons. The minimum absolute atomic E-state index is 0.136. The van der Waals surface area contributed by atoms with Gasteiger partial charge in [-0.15, -0.1) is 0 Å². The molecule has 36 heavy (non-hydrogen) atoms. The number of pyridine rings is 1. The molecular weight excluding hydrogens is 472 g/mol. The Morgan fingerprint density at radius 2 is 1.81 bits per heavy atom. The van der Waals surface area contributed by atoms with Crippen molar-refractivity contribution in [3.8, 4) is 11.5 Å². The van der Waals surface area contributed by atoms with Crippen LogP contribution in [0.15, 0.2) is 12.3 Å². The third-order valence-electron chi connectivity index (χ3n) is 6.30. The molecule has 0 radical (unpaired) electrons. The Bertz CT molecular complexity index is 947. The molecule has 4 atom stereocenters. The molecule has 0 bridgehead atoms. The molecule has 0 aromatic carbocycles. The molecule has 0 spiro atoms. The van der Waals surface area contributed by atoms with Crippen LogP contribution >= 0.6 is 0 Å². The normalized spacial score (nSPS) is 26.7. The van der Waals surface area contributed by atoms with E-state index in [2.05, 4.69) is 10.3 Å². The molecule has 3 aliphatic rings. The quantitative estimate of drug-likeness (QED) is 0.467. The Kier molecular flexibility index (Phi) is 8.76. The number of nitrogens with one attached hydrogen (secondary N) is 1. The van der Waals surface area contributed by atoms with Crippen LogP contribution in [0.1, 0.15) is 50.0 Å². The number of hydrogen-bond acceptors (Lipinski definition) is 10. The molecule has 3 fully saturated rings. The first-order chi connectivity index (χ1) is 17.4. The lowest BCUT2D eigenvalue weighted by Crippen LogP contribution is -2.47. The Morgan fingerprint density at radius 1 is 1.11 bits per heavy atom. The van der Waals surface area contributed by atoms with Crippen molar-refractivity contribution in [1.82, 2.24) is 10.3 Å². The predicted molar refractivity (Wildman–Crippen MR) is 125 cm³/mol. The van der Waals surface area contributed by atoms with E-state index in [1.165, 1.54) is 26.3 Å². The maximum Gasteiger partial charge on any atom is 0.331 e. The number of carbonyl (C=O) groups excluding carboxylic acids is 3. The van der Waals surface area contributed by atoms with Gasteiger partial charge in [-0.25, -0.2) is 9.78 Å². The van der Waals surface area contributed by atoms with Crippen LogP contribution in [0, 0.1) is 11.8 Å².